The third-order valence-corrected chi connectivity index (χ3v) is 5.54. The van der Waals surface area contributed by atoms with Gasteiger partial charge in [0.2, 0.25) is 0 Å². The fourth-order valence-electron chi connectivity index (χ4n) is 3.69. The highest BCUT2D eigenvalue weighted by Crippen LogP contribution is 2.42. The number of hydrogen-bond acceptors (Lipinski definition) is 5. The zero-order valence-electron chi connectivity index (χ0n) is 17.9. The zero-order valence-corrected chi connectivity index (χ0v) is 17.9. The number of hydrazine groups is 1. The van der Waals surface area contributed by atoms with E-state index in [1.807, 2.05) is 56.3 Å². The van der Waals surface area contributed by atoms with Crippen LogP contribution in [-0.4, -0.2) is 22.0 Å². The Hall–Kier alpha value is -4.26. The Morgan fingerprint density at radius 3 is 2.38 bits per heavy atom. The van der Waals surface area contributed by atoms with Crippen molar-refractivity contribution < 1.29 is 19.8 Å². The highest BCUT2D eigenvalue weighted by molar-refractivity contribution is 6.35. The van der Waals surface area contributed by atoms with Crippen LogP contribution in [0.25, 0.3) is 5.57 Å². The normalized spacial score (nSPS) is 14.2. The van der Waals surface area contributed by atoms with Crippen molar-refractivity contribution in [1.82, 2.24) is 10.9 Å². The molecule has 0 unspecified atom stereocenters. The Labute approximate surface area is 185 Å². The maximum absolute atomic E-state index is 13.5. The molecular weight excluding hydrogens is 406 g/mol. The maximum Gasteiger partial charge on any atom is 0.273 e. The number of carbonyl (C=O) groups is 2. The van der Waals surface area contributed by atoms with Gasteiger partial charge in [-0.1, -0.05) is 24.3 Å². The molecule has 7 nitrogen and oxygen atoms in total. The van der Waals surface area contributed by atoms with Gasteiger partial charge in [0.15, 0.2) is 0 Å². The van der Waals surface area contributed by atoms with Gasteiger partial charge in [-0.05, 0) is 62.2 Å². The molecule has 1 aliphatic heterocycles. The van der Waals surface area contributed by atoms with Gasteiger partial charge in [-0.2, -0.15) is 0 Å². The molecule has 0 aliphatic carbocycles. The summed E-state index contributed by atoms with van der Waals surface area (Å²) in [6, 6.07) is 17.1. The number of rotatable bonds is 4. The first kappa shape index (κ1) is 21.0. The summed E-state index contributed by atoms with van der Waals surface area (Å²) in [7, 11) is 0. The van der Waals surface area contributed by atoms with Gasteiger partial charge in [-0.3, -0.25) is 19.9 Å². The molecule has 32 heavy (non-hydrogen) atoms. The van der Waals surface area contributed by atoms with E-state index in [9.17, 15) is 19.8 Å². The van der Waals surface area contributed by atoms with Crippen LogP contribution in [0.5, 0.6) is 11.5 Å². The molecule has 7 heteroatoms. The van der Waals surface area contributed by atoms with Gasteiger partial charge in [0, 0.05) is 23.0 Å². The van der Waals surface area contributed by atoms with Crippen LogP contribution in [0.4, 0.5) is 11.4 Å². The van der Waals surface area contributed by atoms with Gasteiger partial charge in [0.25, 0.3) is 11.8 Å². The molecule has 0 saturated heterocycles. The number of phenolic OH excluding ortho intramolecular Hbond substituents is 2. The zero-order chi connectivity index (χ0) is 23.0. The first-order valence-corrected chi connectivity index (χ1v) is 10.1. The number of aryl methyl sites for hydroxylation is 2. The first-order valence-electron chi connectivity index (χ1n) is 10.1. The van der Waals surface area contributed by atoms with E-state index in [2.05, 4.69) is 10.9 Å². The predicted molar refractivity (Wildman–Crippen MR) is 122 cm³/mol. The molecule has 0 fully saturated rings. The van der Waals surface area contributed by atoms with Crippen molar-refractivity contribution in [3.63, 3.8) is 0 Å². The molecule has 162 valence electrons. The molecule has 0 atom stereocenters. The minimum absolute atomic E-state index is 0.0111. The van der Waals surface area contributed by atoms with Crippen LogP contribution in [0.15, 0.2) is 66.4 Å². The minimum Gasteiger partial charge on any atom is -0.508 e. The largest absolute Gasteiger partial charge is 0.508 e. The molecule has 4 N–H and O–H groups in total. The second-order valence-electron chi connectivity index (χ2n) is 7.71. The van der Waals surface area contributed by atoms with Gasteiger partial charge in [-0.15, -0.1) is 0 Å². The monoisotopic (exact) mass is 429 g/mol. The molecule has 0 radical (unpaired) electrons. The number of amides is 2. The van der Waals surface area contributed by atoms with E-state index in [1.54, 1.807) is 11.8 Å². The standard InChI is InChI=1S/C25H23N3O4/c1-14-8-9-17(12-15(14)2)28-21-7-5-4-6-19(21)23(25(28)32)16(3)26-27-24(31)20-11-10-18(29)13-22(20)30/h4-13,26,29-30H,1-3H3,(H,27,31). The number of hydrogen-bond donors (Lipinski definition) is 4. The summed E-state index contributed by atoms with van der Waals surface area (Å²) in [6.45, 7) is 5.72. The van der Waals surface area contributed by atoms with Crippen LogP contribution in [0, 0.1) is 13.8 Å². The van der Waals surface area contributed by atoms with Crippen molar-refractivity contribution in [3.05, 3.63) is 88.6 Å². The molecule has 3 aromatic carbocycles. The molecule has 3 aromatic rings. The number of para-hydroxylation sites is 1. The van der Waals surface area contributed by atoms with E-state index in [4.69, 9.17) is 0 Å². The molecule has 1 heterocycles. The number of anilines is 2. The second kappa shape index (κ2) is 8.11. The summed E-state index contributed by atoms with van der Waals surface area (Å²) >= 11 is 0. The van der Waals surface area contributed by atoms with E-state index in [-0.39, 0.29) is 23.0 Å². The van der Waals surface area contributed by atoms with Gasteiger partial charge in [0.1, 0.15) is 11.5 Å². The van der Waals surface area contributed by atoms with Crippen LogP contribution in [0.3, 0.4) is 0 Å². The number of phenols is 2. The van der Waals surface area contributed by atoms with Crippen LogP contribution in [-0.2, 0) is 4.79 Å². The van der Waals surface area contributed by atoms with Crippen molar-refractivity contribution in [2.75, 3.05) is 4.90 Å². The maximum atomic E-state index is 13.5. The lowest BCUT2D eigenvalue weighted by Gasteiger charge is -2.18. The topological polar surface area (TPSA) is 102 Å². The van der Waals surface area contributed by atoms with E-state index >= 15 is 0 Å². The van der Waals surface area contributed by atoms with Crippen LogP contribution in [0.2, 0.25) is 0 Å². The second-order valence-corrected chi connectivity index (χ2v) is 7.71. The predicted octanol–water partition coefficient (Wildman–Crippen LogP) is 4.06. The van der Waals surface area contributed by atoms with Crippen molar-refractivity contribution in [1.29, 1.82) is 0 Å². The van der Waals surface area contributed by atoms with E-state index < -0.39 is 5.91 Å². The molecule has 0 aromatic heterocycles. The Morgan fingerprint density at radius 2 is 1.66 bits per heavy atom. The van der Waals surface area contributed by atoms with Crippen molar-refractivity contribution in [2.45, 2.75) is 20.8 Å². The molecule has 1 aliphatic rings. The number of carbonyl (C=O) groups excluding carboxylic acids is 2. The van der Waals surface area contributed by atoms with Gasteiger partial charge in [-0.25, -0.2) is 0 Å². The first-order chi connectivity index (χ1) is 15.3. The summed E-state index contributed by atoms with van der Waals surface area (Å²) < 4.78 is 0. The molecule has 2 amide bonds. The molecular formula is C25H23N3O4. The Morgan fingerprint density at radius 1 is 0.906 bits per heavy atom. The smallest absolute Gasteiger partial charge is 0.273 e. The lowest BCUT2D eigenvalue weighted by atomic mass is 10.1. The van der Waals surface area contributed by atoms with Crippen LogP contribution >= 0.6 is 0 Å². The summed E-state index contributed by atoms with van der Waals surface area (Å²) in [5, 5.41) is 19.3. The molecule has 0 bridgehead atoms. The Bertz CT molecular complexity index is 1280. The SMILES string of the molecule is CC(NNC(=O)c1ccc(O)cc1O)=C1C(=O)N(c2ccc(C)c(C)c2)c2ccccc21. The Kier molecular flexibility index (Phi) is 5.32. The minimum atomic E-state index is -0.604. The average molecular weight is 429 g/mol. The summed E-state index contributed by atoms with van der Waals surface area (Å²) in [5.74, 6) is -1.31. The van der Waals surface area contributed by atoms with Gasteiger partial charge in [0.05, 0.1) is 16.8 Å². The van der Waals surface area contributed by atoms with Crippen molar-refractivity contribution in [2.24, 2.45) is 0 Å². The third-order valence-electron chi connectivity index (χ3n) is 5.54. The third kappa shape index (κ3) is 3.65. The fraction of sp³-hybridized carbons (Fsp3) is 0.120. The van der Waals surface area contributed by atoms with E-state index in [0.717, 1.165) is 34.1 Å². The lowest BCUT2D eigenvalue weighted by molar-refractivity contribution is -0.112. The quantitative estimate of drug-likeness (QED) is 0.370. The summed E-state index contributed by atoms with van der Waals surface area (Å²) in [5.41, 5.74) is 10.7. The molecule has 0 saturated carbocycles. The molecule has 4 rings (SSSR count). The number of benzene rings is 3. The van der Waals surface area contributed by atoms with E-state index in [1.165, 1.54) is 12.1 Å². The lowest BCUT2D eigenvalue weighted by Crippen LogP contribution is -2.37. The number of fused-ring (bicyclic) bond motifs is 1. The van der Waals surface area contributed by atoms with Crippen molar-refractivity contribution >= 4 is 28.8 Å². The Balaban J connectivity index is 1.65. The highest BCUT2D eigenvalue weighted by atomic mass is 16.3. The molecule has 0 spiro atoms. The number of nitrogens with one attached hydrogen (secondary N) is 2. The van der Waals surface area contributed by atoms with Gasteiger partial charge < -0.3 is 15.6 Å². The fourth-order valence-corrected chi connectivity index (χ4v) is 3.69. The summed E-state index contributed by atoms with van der Waals surface area (Å²) in [4.78, 5) is 27.6. The number of aromatic hydroxyl groups is 2. The highest BCUT2D eigenvalue weighted by Gasteiger charge is 2.35. The number of nitrogens with zero attached hydrogens (tertiary/aromatic N) is 1. The van der Waals surface area contributed by atoms with Crippen LogP contribution in [0.1, 0.15) is 34.0 Å². The van der Waals surface area contributed by atoms with Crippen molar-refractivity contribution in [3.8, 4) is 11.5 Å². The average Bonchev–Trinajstić information content (AvgIpc) is 3.05. The van der Waals surface area contributed by atoms with Gasteiger partial charge >= 0.3 is 0 Å². The summed E-state index contributed by atoms with van der Waals surface area (Å²) in [6.07, 6.45) is 0. The van der Waals surface area contributed by atoms with E-state index in [0.29, 0.717) is 11.3 Å². The number of allylic oxidation sites excluding steroid dienone is 1. The van der Waals surface area contributed by atoms with Crippen LogP contribution < -0.4 is 15.8 Å².